The summed E-state index contributed by atoms with van der Waals surface area (Å²) >= 11 is 0. The number of nitrogens with zero attached hydrogens (tertiary/aromatic N) is 1. The fraction of sp³-hybridized carbons (Fsp3) is 0.667. The van der Waals surface area contributed by atoms with Gasteiger partial charge in [-0.25, -0.2) is 13.1 Å². The molecule has 0 amide bonds. The molecule has 0 aromatic heterocycles. The van der Waals surface area contributed by atoms with Gasteiger partial charge in [0.15, 0.2) is 0 Å². The summed E-state index contributed by atoms with van der Waals surface area (Å²) in [6, 6.07) is 5.65. The zero-order valence-electron chi connectivity index (χ0n) is 14.4. The number of sulfonamides is 1. The van der Waals surface area contributed by atoms with Crippen molar-refractivity contribution in [1.29, 1.82) is 0 Å². The number of rotatable bonds is 4. The van der Waals surface area contributed by atoms with E-state index in [0.29, 0.717) is 17.0 Å². The van der Waals surface area contributed by atoms with Crippen LogP contribution in [0.15, 0.2) is 23.1 Å². The van der Waals surface area contributed by atoms with E-state index < -0.39 is 10.0 Å². The maximum Gasteiger partial charge on any atom is 0.240 e. The lowest BCUT2D eigenvalue weighted by molar-refractivity contribution is -0.0581. The van der Waals surface area contributed by atoms with Gasteiger partial charge < -0.3 is 4.74 Å². The van der Waals surface area contributed by atoms with Crippen LogP contribution in [0, 0.1) is 19.8 Å². The number of ether oxygens (including phenoxy) is 1. The van der Waals surface area contributed by atoms with Crippen LogP contribution in [0.4, 0.5) is 0 Å². The molecule has 24 heavy (non-hydrogen) atoms. The van der Waals surface area contributed by atoms with E-state index in [-0.39, 0.29) is 6.04 Å². The summed E-state index contributed by atoms with van der Waals surface area (Å²) in [6.07, 6.45) is 3.76. The SMILES string of the molecule is Cc1ccc(S(=O)(=O)N[C@H]2C[C@H]3CO[C@@H](C4CC4)CN3C2)cc1C. The zero-order valence-corrected chi connectivity index (χ0v) is 15.2. The van der Waals surface area contributed by atoms with Crippen LogP contribution in [0.3, 0.4) is 0 Å². The van der Waals surface area contributed by atoms with Gasteiger partial charge in [0.25, 0.3) is 0 Å². The van der Waals surface area contributed by atoms with Crippen LogP contribution in [0.1, 0.15) is 30.4 Å². The number of morpholine rings is 1. The second kappa shape index (κ2) is 6.09. The van der Waals surface area contributed by atoms with Gasteiger partial charge in [0.1, 0.15) is 0 Å². The normalized spacial score (nSPS) is 31.2. The Morgan fingerprint density at radius 1 is 1.17 bits per heavy atom. The number of hydrogen-bond donors (Lipinski definition) is 1. The molecular weight excluding hydrogens is 324 g/mol. The standard InChI is InChI=1S/C18H26N2O3S/c1-12-3-6-17(7-13(12)2)24(21,22)19-15-8-16-11-23-18(14-4-5-14)10-20(16)9-15/h3,6-7,14-16,18-19H,4-5,8-11H2,1-2H3/t15-,16-,18+/m0/s1. The molecule has 0 bridgehead atoms. The van der Waals surface area contributed by atoms with Crippen molar-refractivity contribution in [2.24, 2.45) is 5.92 Å². The molecule has 1 saturated carbocycles. The van der Waals surface area contributed by atoms with Crippen molar-refractivity contribution in [1.82, 2.24) is 9.62 Å². The smallest absolute Gasteiger partial charge is 0.240 e. The van der Waals surface area contributed by atoms with Gasteiger partial charge in [0.05, 0.1) is 17.6 Å². The molecule has 1 aromatic rings. The molecule has 2 heterocycles. The van der Waals surface area contributed by atoms with E-state index in [1.165, 1.54) is 12.8 Å². The van der Waals surface area contributed by atoms with Crippen LogP contribution >= 0.6 is 0 Å². The van der Waals surface area contributed by atoms with Crippen LogP contribution in [0.25, 0.3) is 0 Å². The third-order valence-electron chi connectivity index (χ3n) is 5.70. The summed E-state index contributed by atoms with van der Waals surface area (Å²) in [5.41, 5.74) is 2.11. The summed E-state index contributed by atoms with van der Waals surface area (Å²) in [7, 11) is -3.46. The van der Waals surface area contributed by atoms with Crippen molar-refractivity contribution < 1.29 is 13.2 Å². The highest BCUT2D eigenvalue weighted by Gasteiger charge is 2.43. The van der Waals surface area contributed by atoms with Crippen LogP contribution in [-0.2, 0) is 14.8 Å². The molecule has 5 nitrogen and oxygen atoms in total. The second-order valence-electron chi connectivity index (χ2n) is 7.62. The number of hydrogen-bond acceptors (Lipinski definition) is 4. The van der Waals surface area contributed by atoms with Crippen LogP contribution in [0.2, 0.25) is 0 Å². The predicted molar refractivity (Wildman–Crippen MR) is 92.5 cm³/mol. The van der Waals surface area contributed by atoms with Crippen molar-refractivity contribution >= 4 is 10.0 Å². The monoisotopic (exact) mass is 350 g/mol. The fourth-order valence-corrected chi connectivity index (χ4v) is 5.23. The predicted octanol–water partition coefficient (Wildman–Crippen LogP) is 1.83. The van der Waals surface area contributed by atoms with Crippen molar-refractivity contribution in [3.8, 4) is 0 Å². The molecular formula is C18H26N2O3S. The highest BCUT2D eigenvalue weighted by molar-refractivity contribution is 7.89. The Hall–Kier alpha value is -0.950. The topological polar surface area (TPSA) is 58.6 Å². The second-order valence-corrected chi connectivity index (χ2v) is 9.33. The Balaban J connectivity index is 1.42. The lowest BCUT2D eigenvalue weighted by Gasteiger charge is -2.35. The minimum absolute atomic E-state index is 0.0248. The Morgan fingerprint density at radius 2 is 1.96 bits per heavy atom. The van der Waals surface area contributed by atoms with Crippen LogP contribution < -0.4 is 4.72 Å². The molecule has 2 saturated heterocycles. The maximum atomic E-state index is 12.7. The van der Waals surface area contributed by atoms with Gasteiger partial charge in [0.2, 0.25) is 10.0 Å². The number of benzene rings is 1. The minimum Gasteiger partial charge on any atom is -0.375 e. The first kappa shape index (κ1) is 16.5. The van der Waals surface area contributed by atoms with Crippen LogP contribution in [0.5, 0.6) is 0 Å². The lowest BCUT2D eigenvalue weighted by Crippen LogP contribution is -2.47. The maximum absolute atomic E-state index is 12.7. The third-order valence-corrected chi connectivity index (χ3v) is 7.22. The average molecular weight is 350 g/mol. The Morgan fingerprint density at radius 3 is 2.67 bits per heavy atom. The third kappa shape index (κ3) is 3.25. The molecule has 3 atom stereocenters. The molecule has 0 radical (unpaired) electrons. The molecule has 0 unspecified atom stereocenters. The highest BCUT2D eigenvalue weighted by atomic mass is 32.2. The first-order valence-corrected chi connectivity index (χ1v) is 10.4. The van der Waals surface area contributed by atoms with Crippen molar-refractivity contribution in [3.05, 3.63) is 29.3 Å². The first-order valence-electron chi connectivity index (χ1n) is 8.87. The molecule has 1 N–H and O–H groups in total. The van der Waals surface area contributed by atoms with E-state index in [0.717, 1.165) is 43.2 Å². The number of fused-ring (bicyclic) bond motifs is 1. The summed E-state index contributed by atoms with van der Waals surface area (Å²) < 4.78 is 34.3. The number of nitrogens with one attached hydrogen (secondary N) is 1. The van der Waals surface area contributed by atoms with Gasteiger partial charge in [0, 0.05) is 25.2 Å². The van der Waals surface area contributed by atoms with E-state index in [1.54, 1.807) is 12.1 Å². The molecule has 1 aliphatic carbocycles. The first-order chi connectivity index (χ1) is 11.4. The van der Waals surface area contributed by atoms with Gasteiger partial charge in [-0.2, -0.15) is 0 Å². The summed E-state index contributed by atoms with van der Waals surface area (Å²) in [5.74, 6) is 0.734. The van der Waals surface area contributed by atoms with E-state index in [1.807, 2.05) is 19.9 Å². The van der Waals surface area contributed by atoms with Crippen molar-refractivity contribution in [3.63, 3.8) is 0 Å². The van der Waals surface area contributed by atoms with E-state index in [4.69, 9.17) is 4.74 Å². The molecule has 6 heteroatoms. The van der Waals surface area contributed by atoms with Crippen LogP contribution in [-0.4, -0.2) is 51.2 Å². The zero-order chi connectivity index (χ0) is 16.9. The molecule has 2 aliphatic heterocycles. The van der Waals surface area contributed by atoms with Gasteiger partial charge in [-0.05, 0) is 62.3 Å². The van der Waals surface area contributed by atoms with E-state index >= 15 is 0 Å². The quantitative estimate of drug-likeness (QED) is 0.900. The van der Waals surface area contributed by atoms with Crippen molar-refractivity contribution in [2.45, 2.75) is 56.2 Å². The summed E-state index contributed by atoms with van der Waals surface area (Å²) in [4.78, 5) is 2.78. The summed E-state index contributed by atoms with van der Waals surface area (Å²) in [6.45, 7) is 6.42. The molecule has 4 rings (SSSR count). The molecule has 3 aliphatic rings. The molecule has 3 fully saturated rings. The minimum atomic E-state index is -3.46. The van der Waals surface area contributed by atoms with Gasteiger partial charge >= 0.3 is 0 Å². The van der Waals surface area contributed by atoms with Gasteiger partial charge in [-0.1, -0.05) is 6.07 Å². The van der Waals surface area contributed by atoms with Crippen molar-refractivity contribution in [2.75, 3.05) is 19.7 Å². The molecule has 0 spiro atoms. The lowest BCUT2D eigenvalue weighted by atomic mass is 10.1. The van der Waals surface area contributed by atoms with Gasteiger partial charge in [-0.15, -0.1) is 0 Å². The fourth-order valence-electron chi connectivity index (χ4n) is 3.91. The highest BCUT2D eigenvalue weighted by Crippen LogP contribution is 2.38. The Bertz CT molecular complexity index is 730. The Kier molecular flexibility index (Phi) is 4.19. The Labute approximate surface area is 144 Å². The van der Waals surface area contributed by atoms with Gasteiger partial charge in [-0.3, -0.25) is 4.90 Å². The summed E-state index contributed by atoms with van der Waals surface area (Å²) in [5, 5.41) is 0. The van der Waals surface area contributed by atoms with E-state index in [2.05, 4.69) is 9.62 Å². The molecule has 132 valence electrons. The number of aryl methyl sites for hydroxylation is 2. The molecule has 1 aromatic carbocycles. The largest absolute Gasteiger partial charge is 0.375 e. The van der Waals surface area contributed by atoms with E-state index in [9.17, 15) is 8.42 Å². The average Bonchev–Trinajstić information content (AvgIpc) is 3.30.